The normalized spacial score (nSPS) is 12.9. The molecule has 2 aromatic heterocycles. The van der Waals surface area contributed by atoms with E-state index in [9.17, 15) is 4.79 Å². The van der Waals surface area contributed by atoms with Crippen molar-refractivity contribution in [2.75, 3.05) is 18.1 Å². The molecule has 1 aliphatic heterocycles. The maximum Gasteiger partial charge on any atom is 0.260 e. The van der Waals surface area contributed by atoms with E-state index < -0.39 is 0 Å². The number of rotatable bonds is 4. The summed E-state index contributed by atoms with van der Waals surface area (Å²) in [6, 6.07) is 13.1. The average molecular weight is 420 g/mol. The Morgan fingerprint density at radius 2 is 1.93 bits per heavy atom. The number of hydrogen-bond acceptors (Lipinski definition) is 6. The van der Waals surface area contributed by atoms with E-state index in [1.807, 2.05) is 12.1 Å². The third kappa shape index (κ3) is 3.31. The van der Waals surface area contributed by atoms with Crippen LogP contribution in [0.5, 0.6) is 11.5 Å². The van der Waals surface area contributed by atoms with Crippen molar-refractivity contribution in [3.8, 4) is 11.5 Å². The van der Waals surface area contributed by atoms with Gasteiger partial charge < -0.3 is 13.9 Å². The van der Waals surface area contributed by atoms with Gasteiger partial charge in [-0.15, -0.1) is 0 Å². The molecule has 0 fully saturated rings. The van der Waals surface area contributed by atoms with Crippen LogP contribution in [0.1, 0.15) is 27.2 Å². The molecule has 0 N–H and O–H groups in total. The van der Waals surface area contributed by atoms with Crippen LogP contribution in [-0.4, -0.2) is 24.1 Å². The molecular weight excluding hydrogens is 400 g/mol. The Kier molecular flexibility index (Phi) is 4.67. The smallest absolute Gasteiger partial charge is 0.260 e. The first kappa shape index (κ1) is 18.7. The average Bonchev–Trinajstić information content (AvgIpc) is 3.44. The highest BCUT2D eigenvalue weighted by Gasteiger charge is 2.25. The summed E-state index contributed by atoms with van der Waals surface area (Å²) in [4.78, 5) is 20.0. The molecule has 0 saturated carbocycles. The van der Waals surface area contributed by atoms with Crippen molar-refractivity contribution in [1.82, 2.24) is 4.98 Å². The Balaban J connectivity index is 1.57. The number of furan rings is 1. The second-order valence-electron chi connectivity index (χ2n) is 7.18. The Hall–Kier alpha value is -3.32. The monoisotopic (exact) mass is 420 g/mol. The number of anilines is 1. The van der Waals surface area contributed by atoms with E-state index in [-0.39, 0.29) is 12.5 Å². The summed E-state index contributed by atoms with van der Waals surface area (Å²) in [6.07, 6.45) is 1.61. The SMILES string of the molecule is Cc1ccc2sc(N(Cc3ccco3)C(=O)c3ccc4c(c3)OCCO4)nc2c1C. The largest absolute Gasteiger partial charge is 0.486 e. The van der Waals surface area contributed by atoms with E-state index in [0.29, 0.717) is 41.2 Å². The fourth-order valence-electron chi connectivity index (χ4n) is 3.45. The van der Waals surface area contributed by atoms with Crippen molar-refractivity contribution in [3.63, 3.8) is 0 Å². The predicted octanol–water partition coefficient (Wildman–Crippen LogP) is 5.12. The minimum Gasteiger partial charge on any atom is -0.486 e. The van der Waals surface area contributed by atoms with Gasteiger partial charge in [0.2, 0.25) is 0 Å². The maximum absolute atomic E-state index is 13.5. The molecule has 0 bridgehead atoms. The minimum atomic E-state index is -0.170. The summed E-state index contributed by atoms with van der Waals surface area (Å²) in [5.41, 5.74) is 3.74. The molecule has 4 aromatic rings. The van der Waals surface area contributed by atoms with Gasteiger partial charge in [-0.1, -0.05) is 17.4 Å². The van der Waals surface area contributed by atoms with Gasteiger partial charge in [0.05, 0.1) is 23.0 Å². The van der Waals surface area contributed by atoms with Gasteiger partial charge in [0.25, 0.3) is 5.91 Å². The van der Waals surface area contributed by atoms with E-state index >= 15 is 0 Å². The molecule has 0 spiro atoms. The third-order valence-electron chi connectivity index (χ3n) is 5.23. The van der Waals surface area contributed by atoms with E-state index in [4.69, 9.17) is 18.9 Å². The van der Waals surface area contributed by atoms with Crippen molar-refractivity contribution in [1.29, 1.82) is 0 Å². The Bertz CT molecular complexity index is 1230. The quantitative estimate of drug-likeness (QED) is 0.458. The predicted molar refractivity (Wildman–Crippen MR) is 116 cm³/mol. The van der Waals surface area contributed by atoms with Crippen LogP contribution in [-0.2, 0) is 6.54 Å². The van der Waals surface area contributed by atoms with Crippen LogP contribution in [0.15, 0.2) is 53.1 Å². The van der Waals surface area contributed by atoms with E-state index in [1.165, 1.54) is 16.9 Å². The highest BCUT2D eigenvalue weighted by Crippen LogP contribution is 2.35. The highest BCUT2D eigenvalue weighted by atomic mass is 32.1. The fraction of sp³-hybridized carbons (Fsp3) is 0.217. The van der Waals surface area contributed by atoms with E-state index in [2.05, 4.69) is 26.0 Å². The van der Waals surface area contributed by atoms with Gasteiger partial charge in [-0.05, 0) is 61.4 Å². The zero-order chi connectivity index (χ0) is 20.7. The second kappa shape index (κ2) is 7.50. The highest BCUT2D eigenvalue weighted by molar-refractivity contribution is 7.22. The molecular formula is C23H20N2O4S. The number of benzene rings is 2. The van der Waals surface area contributed by atoms with Crippen molar-refractivity contribution in [2.45, 2.75) is 20.4 Å². The third-order valence-corrected chi connectivity index (χ3v) is 6.28. The second-order valence-corrected chi connectivity index (χ2v) is 8.19. The Labute approximate surface area is 177 Å². The summed E-state index contributed by atoms with van der Waals surface area (Å²) in [5, 5.41) is 0.634. The number of carbonyl (C=O) groups excluding carboxylic acids is 1. The first-order valence-electron chi connectivity index (χ1n) is 9.71. The van der Waals surface area contributed by atoms with Crippen molar-refractivity contribution in [3.05, 3.63) is 71.2 Å². The Morgan fingerprint density at radius 3 is 2.73 bits per heavy atom. The first-order chi connectivity index (χ1) is 14.6. The van der Waals surface area contributed by atoms with Crippen molar-refractivity contribution >= 4 is 32.6 Å². The van der Waals surface area contributed by atoms with Crippen LogP contribution in [0.3, 0.4) is 0 Å². The molecule has 152 valence electrons. The molecule has 1 aliphatic rings. The van der Waals surface area contributed by atoms with Gasteiger partial charge in [-0.2, -0.15) is 0 Å². The number of thiazole rings is 1. The molecule has 30 heavy (non-hydrogen) atoms. The van der Waals surface area contributed by atoms with Gasteiger partial charge >= 0.3 is 0 Å². The summed E-state index contributed by atoms with van der Waals surface area (Å²) >= 11 is 1.50. The zero-order valence-electron chi connectivity index (χ0n) is 16.7. The topological polar surface area (TPSA) is 64.8 Å². The number of carbonyl (C=O) groups is 1. The summed E-state index contributed by atoms with van der Waals surface area (Å²) < 4.78 is 17.8. The van der Waals surface area contributed by atoms with Crippen LogP contribution in [0.2, 0.25) is 0 Å². The van der Waals surface area contributed by atoms with Crippen LogP contribution in [0.4, 0.5) is 5.13 Å². The lowest BCUT2D eigenvalue weighted by Gasteiger charge is -2.21. The van der Waals surface area contributed by atoms with Gasteiger partial charge in [-0.25, -0.2) is 4.98 Å². The number of nitrogens with zero attached hydrogens (tertiary/aromatic N) is 2. The first-order valence-corrected chi connectivity index (χ1v) is 10.5. The fourth-order valence-corrected chi connectivity index (χ4v) is 4.47. The Morgan fingerprint density at radius 1 is 1.10 bits per heavy atom. The lowest BCUT2D eigenvalue weighted by molar-refractivity contribution is 0.0982. The maximum atomic E-state index is 13.5. The summed E-state index contributed by atoms with van der Waals surface area (Å²) in [7, 11) is 0. The summed E-state index contributed by atoms with van der Waals surface area (Å²) in [6.45, 7) is 5.39. The van der Waals surface area contributed by atoms with Gasteiger partial charge in [-0.3, -0.25) is 9.69 Å². The van der Waals surface area contributed by atoms with Crippen molar-refractivity contribution in [2.24, 2.45) is 0 Å². The van der Waals surface area contributed by atoms with Gasteiger partial charge in [0.15, 0.2) is 16.6 Å². The number of hydrogen-bond donors (Lipinski definition) is 0. The molecule has 7 heteroatoms. The lowest BCUT2D eigenvalue weighted by atomic mass is 10.1. The van der Waals surface area contributed by atoms with Crippen LogP contribution in [0.25, 0.3) is 10.2 Å². The zero-order valence-corrected chi connectivity index (χ0v) is 17.5. The lowest BCUT2D eigenvalue weighted by Crippen LogP contribution is -2.30. The molecule has 6 nitrogen and oxygen atoms in total. The van der Waals surface area contributed by atoms with Crippen LogP contribution in [0, 0.1) is 13.8 Å². The van der Waals surface area contributed by atoms with Crippen molar-refractivity contribution < 1.29 is 18.7 Å². The number of fused-ring (bicyclic) bond motifs is 2. The molecule has 5 rings (SSSR count). The summed E-state index contributed by atoms with van der Waals surface area (Å²) in [5.74, 6) is 1.76. The standard InChI is InChI=1S/C23H20N2O4S/c1-14-5-8-20-21(15(14)2)24-23(30-20)25(13-17-4-3-9-27-17)22(26)16-6-7-18-19(12-16)29-11-10-28-18/h3-9,12H,10-11,13H2,1-2H3. The minimum absolute atomic E-state index is 0.170. The number of ether oxygens (including phenoxy) is 2. The molecule has 3 heterocycles. The van der Waals surface area contributed by atoms with Crippen LogP contribution >= 0.6 is 11.3 Å². The molecule has 0 atom stereocenters. The van der Waals surface area contributed by atoms with Gasteiger partial charge in [0.1, 0.15) is 19.0 Å². The van der Waals surface area contributed by atoms with Gasteiger partial charge in [0, 0.05) is 5.56 Å². The van der Waals surface area contributed by atoms with Crippen LogP contribution < -0.4 is 14.4 Å². The number of aryl methyl sites for hydroxylation is 2. The molecule has 2 aromatic carbocycles. The number of amides is 1. The van der Waals surface area contributed by atoms with E-state index in [1.54, 1.807) is 29.4 Å². The molecule has 0 radical (unpaired) electrons. The molecule has 0 saturated heterocycles. The number of aromatic nitrogens is 1. The van der Waals surface area contributed by atoms with E-state index in [0.717, 1.165) is 15.8 Å². The molecule has 0 aliphatic carbocycles. The molecule has 0 unspecified atom stereocenters. The molecule has 1 amide bonds.